The van der Waals surface area contributed by atoms with Gasteiger partial charge < -0.3 is 0 Å². The van der Waals surface area contributed by atoms with Crippen LogP contribution >= 0.6 is 0 Å². The van der Waals surface area contributed by atoms with Crippen LogP contribution in [0, 0.1) is 23.7 Å². The zero-order valence-electron chi connectivity index (χ0n) is 15.1. The second-order valence-electron chi connectivity index (χ2n) is 8.46. The molecule has 1 saturated carbocycles. The Hall–Kier alpha value is -0.300. The Bertz CT molecular complexity index is 332. The molecule has 1 nitrogen and oxygen atoms in total. The monoisotopic (exact) mass is 291 g/mol. The number of hydrogen-bond donors (Lipinski definition) is 0. The van der Waals surface area contributed by atoms with Crippen molar-refractivity contribution >= 4 is 0 Å². The van der Waals surface area contributed by atoms with E-state index in [0.29, 0.717) is 0 Å². The van der Waals surface area contributed by atoms with Crippen molar-refractivity contribution < 1.29 is 0 Å². The average Bonchev–Trinajstić information content (AvgIpc) is 2.86. The molecule has 2 fully saturated rings. The summed E-state index contributed by atoms with van der Waals surface area (Å²) in [5.74, 6) is 3.70. The fraction of sp³-hybridized carbons (Fsp3) is 0.900. The normalized spacial score (nSPS) is 35.7. The van der Waals surface area contributed by atoms with Crippen LogP contribution in [0.25, 0.3) is 0 Å². The van der Waals surface area contributed by atoms with Crippen LogP contribution in [0.2, 0.25) is 0 Å². The van der Waals surface area contributed by atoms with Crippen LogP contribution in [0.4, 0.5) is 0 Å². The Labute approximate surface area is 133 Å². The van der Waals surface area contributed by atoms with Crippen molar-refractivity contribution in [3.8, 4) is 0 Å². The van der Waals surface area contributed by atoms with Crippen molar-refractivity contribution in [2.75, 3.05) is 13.1 Å². The molecule has 0 N–H and O–H groups in total. The van der Waals surface area contributed by atoms with Crippen LogP contribution < -0.4 is 0 Å². The largest absolute Gasteiger partial charge is 0.300 e. The highest BCUT2D eigenvalue weighted by atomic mass is 15.2. The molecule has 122 valence electrons. The van der Waals surface area contributed by atoms with Gasteiger partial charge in [-0.3, -0.25) is 4.90 Å². The van der Waals surface area contributed by atoms with Crippen molar-refractivity contribution in [1.82, 2.24) is 4.90 Å². The van der Waals surface area contributed by atoms with Gasteiger partial charge in [-0.1, -0.05) is 32.4 Å². The molecule has 0 amide bonds. The van der Waals surface area contributed by atoms with Gasteiger partial charge >= 0.3 is 0 Å². The molecule has 1 saturated heterocycles. The van der Waals surface area contributed by atoms with E-state index in [2.05, 4.69) is 45.6 Å². The fourth-order valence-corrected chi connectivity index (χ4v) is 4.72. The number of piperidine rings is 1. The van der Waals surface area contributed by atoms with Gasteiger partial charge in [-0.15, -0.1) is 0 Å². The number of nitrogens with zero attached hydrogens (tertiary/aromatic N) is 1. The van der Waals surface area contributed by atoms with Crippen molar-refractivity contribution in [1.29, 1.82) is 0 Å². The topological polar surface area (TPSA) is 3.24 Å². The van der Waals surface area contributed by atoms with Gasteiger partial charge in [-0.2, -0.15) is 0 Å². The van der Waals surface area contributed by atoms with E-state index in [1.54, 1.807) is 0 Å². The molecule has 0 radical (unpaired) electrons. The minimum atomic E-state index is 0.895. The summed E-state index contributed by atoms with van der Waals surface area (Å²) in [6.07, 6.45) is 10.9. The third-order valence-corrected chi connectivity index (χ3v) is 5.84. The molecule has 21 heavy (non-hydrogen) atoms. The summed E-state index contributed by atoms with van der Waals surface area (Å²) in [4.78, 5) is 2.83. The van der Waals surface area contributed by atoms with E-state index in [1.165, 1.54) is 57.2 Å². The summed E-state index contributed by atoms with van der Waals surface area (Å²) in [5.41, 5.74) is 1.47. The molecular weight excluding hydrogens is 254 g/mol. The minimum absolute atomic E-state index is 0.895. The van der Waals surface area contributed by atoms with Gasteiger partial charge in [0.2, 0.25) is 0 Å². The summed E-state index contributed by atoms with van der Waals surface area (Å²) in [7, 11) is 0. The van der Waals surface area contributed by atoms with Gasteiger partial charge in [-0.05, 0) is 76.0 Å². The van der Waals surface area contributed by atoms with Gasteiger partial charge in [0.15, 0.2) is 0 Å². The molecule has 1 aliphatic heterocycles. The van der Waals surface area contributed by atoms with Crippen LogP contribution in [0.1, 0.15) is 73.1 Å². The molecule has 0 aromatic heterocycles. The summed E-state index contributed by atoms with van der Waals surface area (Å²) < 4.78 is 0. The average molecular weight is 292 g/mol. The van der Waals surface area contributed by atoms with Gasteiger partial charge in [0, 0.05) is 19.1 Å². The SMILES string of the molecule is CC(C)=CCCC(C)[C@H]1CC[C@@H](N2C[C@H](C)C[C@H](C)C2)C1. The molecule has 5 atom stereocenters. The van der Waals surface area contributed by atoms with E-state index in [-0.39, 0.29) is 0 Å². The maximum Gasteiger partial charge on any atom is 0.00983 e. The Morgan fingerprint density at radius 3 is 2.38 bits per heavy atom. The molecule has 1 heterocycles. The van der Waals surface area contributed by atoms with E-state index >= 15 is 0 Å². The zero-order chi connectivity index (χ0) is 15.4. The molecule has 1 unspecified atom stereocenters. The predicted octanol–water partition coefficient (Wildman–Crippen LogP) is 5.52. The minimum Gasteiger partial charge on any atom is -0.300 e. The lowest BCUT2D eigenvalue weighted by molar-refractivity contribution is 0.0941. The number of likely N-dealkylation sites (tertiary alicyclic amines) is 1. The molecule has 0 aromatic carbocycles. The molecule has 1 aliphatic carbocycles. The van der Waals surface area contributed by atoms with E-state index in [4.69, 9.17) is 0 Å². The van der Waals surface area contributed by atoms with Crippen molar-refractivity contribution in [3.05, 3.63) is 11.6 Å². The first-order valence-electron chi connectivity index (χ1n) is 9.33. The van der Waals surface area contributed by atoms with E-state index in [0.717, 1.165) is 29.7 Å². The molecule has 2 aliphatic rings. The Morgan fingerprint density at radius 2 is 1.76 bits per heavy atom. The molecule has 1 heteroatoms. The fourth-order valence-electron chi connectivity index (χ4n) is 4.72. The van der Waals surface area contributed by atoms with Crippen LogP contribution in [0.15, 0.2) is 11.6 Å². The summed E-state index contributed by atoms with van der Waals surface area (Å²) in [6.45, 7) is 14.5. The lowest BCUT2D eigenvalue weighted by Gasteiger charge is -2.39. The molecule has 0 bridgehead atoms. The molecular formula is C20H37N. The highest BCUT2D eigenvalue weighted by Crippen LogP contribution is 2.38. The second kappa shape index (κ2) is 7.81. The molecule has 0 aromatic rings. The highest BCUT2D eigenvalue weighted by Gasteiger charge is 2.34. The summed E-state index contributed by atoms with van der Waals surface area (Å²) in [6, 6.07) is 0.895. The van der Waals surface area contributed by atoms with Crippen LogP contribution in [-0.2, 0) is 0 Å². The first-order chi connectivity index (χ1) is 9.95. The van der Waals surface area contributed by atoms with Crippen molar-refractivity contribution in [3.63, 3.8) is 0 Å². The second-order valence-corrected chi connectivity index (χ2v) is 8.46. The maximum absolute atomic E-state index is 2.83. The lowest BCUT2D eigenvalue weighted by Crippen LogP contribution is -2.44. The standard InChI is InChI=1S/C20H37N/c1-15(2)7-6-8-18(5)19-9-10-20(12-19)21-13-16(3)11-17(4)14-21/h7,16-20H,6,8-14H2,1-5H3/t16-,17+,18?,19-,20+/m0/s1. The van der Waals surface area contributed by atoms with Gasteiger partial charge in [0.25, 0.3) is 0 Å². The first kappa shape index (κ1) is 17.1. The van der Waals surface area contributed by atoms with Crippen molar-refractivity contribution in [2.45, 2.75) is 79.2 Å². The summed E-state index contributed by atoms with van der Waals surface area (Å²) in [5, 5.41) is 0. The van der Waals surface area contributed by atoms with Crippen LogP contribution in [0.5, 0.6) is 0 Å². The quantitative estimate of drug-likeness (QED) is 0.603. The number of allylic oxidation sites excluding steroid dienone is 2. The third-order valence-electron chi connectivity index (χ3n) is 5.84. The smallest absolute Gasteiger partial charge is 0.00983 e. The Balaban J connectivity index is 1.78. The predicted molar refractivity (Wildman–Crippen MR) is 93.5 cm³/mol. The number of hydrogen-bond acceptors (Lipinski definition) is 1. The molecule has 2 rings (SSSR count). The van der Waals surface area contributed by atoms with Gasteiger partial charge in [-0.25, -0.2) is 0 Å². The first-order valence-corrected chi connectivity index (χ1v) is 9.33. The van der Waals surface area contributed by atoms with E-state index in [1.807, 2.05) is 0 Å². The highest BCUT2D eigenvalue weighted by molar-refractivity contribution is 4.94. The summed E-state index contributed by atoms with van der Waals surface area (Å²) >= 11 is 0. The van der Waals surface area contributed by atoms with Crippen molar-refractivity contribution in [2.24, 2.45) is 23.7 Å². The number of rotatable bonds is 5. The van der Waals surface area contributed by atoms with Crippen LogP contribution in [0.3, 0.4) is 0 Å². The molecule has 0 spiro atoms. The van der Waals surface area contributed by atoms with Gasteiger partial charge in [0.05, 0.1) is 0 Å². The van der Waals surface area contributed by atoms with E-state index in [9.17, 15) is 0 Å². The van der Waals surface area contributed by atoms with E-state index < -0.39 is 0 Å². The van der Waals surface area contributed by atoms with Gasteiger partial charge in [0.1, 0.15) is 0 Å². The third kappa shape index (κ3) is 5.13. The Kier molecular flexibility index (Phi) is 6.34. The zero-order valence-corrected chi connectivity index (χ0v) is 15.1. The van der Waals surface area contributed by atoms with Crippen LogP contribution in [-0.4, -0.2) is 24.0 Å². The Morgan fingerprint density at radius 1 is 1.10 bits per heavy atom. The lowest BCUT2D eigenvalue weighted by atomic mass is 9.87. The maximum atomic E-state index is 2.83.